The summed E-state index contributed by atoms with van der Waals surface area (Å²) in [5.41, 5.74) is 1.52. The molecule has 0 saturated heterocycles. The minimum Gasteiger partial charge on any atom is -0.339 e. The van der Waals surface area contributed by atoms with Crippen molar-refractivity contribution in [1.29, 1.82) is 0 Å². The van der Waals surface area contributed by atoms with E-state index >= 15 is 0 Å². The fourth-order valence-corrected chi connectivity index (χ4v) is 1.86. The molecule has 0 aliphatic heterocycles. The van der Waals surface area contributed by atoms with Gasteiger partial charge in [-0.2, -0.15) is 10.1 Å². The van der Waals surface area contributed by atoms with Crippen LogP contribution >= 0.6 is 11.6 Å². The molecule has 2 heterocycles. The molecule has 5 nitrogen and oxygen atoms in total. The largest absolute Gasteiger partial charge is 0.339 e. The van der Waals surface area contributed by atoms with Gasteiger partial charge >= 0.3 is 0 Å². The lowest BCUT2D eigenvalue weighted by atomic mass is 10.1. The summed E-state index contributed by atoms with van der Waals surface area (Å²) in [5.74, 6) is 0.920. The fourth-order valence-electron chi connectivity index (χ4n) is 1.66. The smallest absolute Gasteiger partial charge is 0.231 e. The van der Waals surface area contributed by atoms with Crippen molar-refractivity contribution in [3.8, 4) is 11.5 Å². The van der Waals surface area contributed by atoms with Gasteiger partial charge in [0.25, 0.3) is 0 Å². The number of nitrogens with zero attached hydrogens (tertiary/aromatic N) is 4. The monoisotopic (exact) mass is 272 g/mol. The van der Waals surface area contributed by atoms with E-state index < -0.39 is 0 Å². The van der Waals surface area contributed by atoms with Crippen molar-refractivity contribution in [2.45, 2.75) is 6.42 Å². The molecule has 0 radical (unpaired) electrons. The van der Waals surface area contributed by atoms with E-state index in [4.69, 9.17) is 16.1 Å². The molecule has 0 bridgehead atoms. The molecule has 0 aliphatic carbocycles. The quantitative estimate of drug-likeness (QED) is 0.733. The molecule has 0 atom stereocenters. The second kappa shape index (κ2) is 5.16. The zero-order valence-electron chi connectivity index (χ0n) is 9.82. The van der Waals surface area contributed by atoms with Gasteiger partial charge < -0.3 is 4.52 Å². The second-order valence-corrected chi connectivity index (χ2v) is 4.30. The van der Waals surface area contributed by atoms with Crippen LogP contribution < -0.4 is 0 Å². The van der Waals surface area contributed by atoms with Crippen molar-refractivity contribution in [2.24, 2.45) is 0 Å². The molecule has 0 amide bonds. The van der Waals surface area contributed by atoms with Crippen molar-refractivity contribution < 1.29 is 4.52 Å². The molecule has 0 saturated carbocycles. The second-order valence-electron chi connectivity index (χ2n) is 3.89. The molecular weight excluding hydrogens is 264 g/mol. The van der Waals surface area contributed by atoms with Crippen LogP contribution in [-0.2, 0) is 6.42 Å². The van der Waals surface area contributed by atoms with Gasteiger partial charge in [0.2, 0.25) is 11.7 Å². The molecule has 0 unspecified atom stereocenters. The Kier molecular flexibility index (Phi) is 3.20. The summed E-state index contributed by atoms with van der Waals surface area (Å²) in [7, 11) is 0. The van der Waals surface area contributed by atoms with Crippen LogP contribution in [0.3, 0.4) is 0 Å². The van der Waals surface area contributed by atoms with Gasteiger partial charge in [0.15, 0.2) is 0 Å². The lowest BCUT2D eigenvalue weighted by molar-refractivity contribution is 0.385. The highest BCUT2D eigenvalue weighted by atomic mass is 35.5. The predicted octanol–water partition coefficient (Wildman–Crippen LogP) is 2.77. The Labute approximate surface area is 114 Å². The molecule has 0 fully saturated rings. The standard InChI is InChI=1S/C13H9ClN4O/c14-10-5-2-1-4-9(10)8-12-16-13(18-19-12)11-6-3-7-15-17-11/h1-7H,8H2. The highest BCUT2D eigenvalue weighted by molar-refractivity contribution is 6.31. The van der Waals surface area contributed by atoms with Gasteiger partial charge in [-0.05, 0) is 23.8 Å². The molecule has 1 aromatic carbocycles. The maximum atomic E-state index is 6.09. The van der Waals surface area contributed by atoms with Gasteiger partial charge in [-0.3, -0.25) is 0 Å². The third-order valence-corrected chi connectivity index (χ3v) is 2.94. The first-order valence-corrected chi connectivity index (χ1v) is 6.05. The first-order chi connectivity index (χ1) is 9.33. The molecule has 0 aliphatic rings. The maximum Gasteiger partial charge on any atom is 0.231 e. The van der Waals surface area contributed by atoms with Gasteiger partial charge in [0, 0.05) is 11.2 Å². The Morgan fingerprint density at radius 3 is 2.79 bits per heavy atom. The highest BCUT2D eigenvalue weighted by Crippen LogP contribution is 2.19. The number of aromatic nitrogens is 4. The van der Waals surface area contributed by atoms with Crippen LogP contribution in [0.2, 0.25) is 5.02 Å². The van der Waals surface area contributed by atoms with E-state index in [-0.39, 0.29) is 0 Å². The number of hydrogen-bond acceptors (Lipinski definition) is 5. The molecule has 3 aromatic rings. The molecule has 6 heteroatoms. The number of halogens is 1. The van der Waals surface area contributed by atoms with E-state index in [9.17, 15) is 0 Å². The summed E-state index contributed by atoms with van der Waals surface area (Å²) in [4.78, 5) is 4.28. The average Bonchev–Trinajstić information content (AvgIpc) is 2.91. The van der Waals surface area contributed by atoms with Gasteiger partial charge in [-0.25, -0.2) is 0 Å². The van der Waals surface area contributed by atoms with Crippen LogP contribution in [0.25, 0.3) is 11.5 Å². The van der Waals surface area contributed by atoms with Crippen LogP contribution in [0.1, 0.15) is 11.5 Å². The van der Waals surface area contributed by atoms with Gasteiger partial charge in [0.1, 0.15) is 5.69 Å². The van der Waals surface area contributed by atoms with Crippen molar-refractivity contribution in [3.05, 3.63) is 59.1 Å². The van der Waals surface area contributed by atoms with Crippen molar-refractivity contribution in [2.75, 3.05) is 0 Å². The molecular formula is C13H9ClN4O. The Hall–Kier alpha value is -2.27. The first kappa shape index (κ1) is 11.8. The zero-order chi connectivity index (χ0) is 13.1. The third-order valence-electron chi connectivity index (χ3n) is 2.57. The summed E-state index contributed by atoms with van der Waals surface area (Å²) >= 11 is 6.09. The molecule has 2 aromatic heterocycles. The topological polar surface area (TPSA) is 64.7 Å². The predicted molar refractivity (Wildman–Crippen MR) is 69.6 cm³/mol. The van der Waals surface area contributed by atoms with E-state index in [2.05, 4.69) is 20.3 Å². The average molecular weight is 273 g/mol. The van der Waals surface area contributed by atoms with E-state index in [1.54, 1.807) is 18.3 Å². The summed E-state index contributed by atoms with van der Waals surface area (Å²) < 4.78 is 5.19. The van der Waals surface area contributed by atoms with Crippen molar-refractivity contribution in [1.82, 2.24) is 20.3 Å². The van der Waals surface area contributed by atoms with Crippen molar-refractivity contribution in [3.63, 3.8) is 0 Å². The van der Waals surface area contributed by atoms with Crippen LogP contribution in [-0.4, -0.2) is 20.3 Å². The summed E-state index contributed by atoms with van der Waals surface area (Å²) in [5, 5.41) is 12.3. The van der Waals surface area contributed by atoms with Crippen LogP contribution in [0.4, 0.5) is 0 Å². The SMILES string of the molecule is Clc1ccccc1Cc1nc(-c2cccnn2)no1. The van der Waals surface area contributed by atoms with E-state index in [1.165, 1.54) is 0 Å². The van der Waals surface area contributed by atoms with E-state index in [0.29, 0.717) is 28.9 Å². The highest BCUT2D eigenvalue weighted by Gasteiger charge is 2.11. The lowest BCUT2D eigenvalue weighted by Crippen LogP contribution is -1.91. The van der Waals surface area contributed by atoms with Gasteiger partial charge in [-0.1, -0.05) is 35.0 Å². The lowest BCUT2D eigenvalue weighted by Gasteiger charge is -1.98. The number of hydrogen-bond donors (Lipinski definition) is 0. The summed E-state index contributed by atoms with van der Waals surface area (Å²) in [6, 6.07) is 11.1. The first-order valence-electron chi connectivity index (χ1n) is 5.67. The Balaban J connectivity index is 1.85. The fraction of sp³-hybridized carbons (Fsp3) is 0.0769. The minimum absolute atomic E-state index is 0.426. The number of benzene rings is 1. The maximum absolute atomic E-state index is 6.09. The molecule has 3 rings (SSSR count). The van der Waals surface area contributed by atoms with Crippen LogP contribution in [0.5, 0.6) is 0 Å². The molecule has 0 N–H and O–H groups in total. The van der Waals surface area contributed by atoms with Crippen molar-refractivity contribution >= 4 is 11.6 Å². The normalized spacial score (nSPS) is 10.6. The minimum atomic E-state index is 0.426. The molecule has 94 valence electrons. The Morgan fingerprint density at radius 2 is 2.00 bits per heavy atom. The van der Waals surface area contributed by atoms with Gasteiger partial charge in [0.05, 0.1) is 6.42 Å². The number of rotatable bonds is 3. The van der Waals surface area contributed by atoms with Gasteiger partial charge in [-0.15, -0.1) is 5.10 Å². The third kappa shape index (κ3) is 2.61. The Bertz CT molecular complexity index is 684. The Morgan fingerprint density at radius 1 is 1.11 bits per heavy atom. The van der Waals surface area contributed by atoms with Crippen LogP contribution in [0, 0.1) is 0 Å². The molecule has 0 spiro atoms. The summed E-state index contributed by atoms with van der Waals surface area (Å²) in [6.45, 7) is 0. The summed E-state index contributed by atoms with van der Waals surface area (Å²) in [6.07, 6.45) is 2.08. The zero-order valence-corrected chi connectivity index (χ0v) is 10.6. The van der Waals surface area contributed by atoms with E-state index in [0.717, 1.165) is 5.56 Å². The van der Waals surface area contributed by atoms with Crippen LogP contribution in [0.15, 0.2) is 47.1 Å². The van der Waals surface area contributed by atoms with E-state index in [1.807, 2.05) is 24.3 Å². The molecule has 19 heavy (non-hydrogen) atoms.